The van der Waals surface area contributed by atoms with Gasteiger partial charge in [-0.1, -0.05) is 12.1 Å². The van der Waals surface area contributed by atoms with Crippen molar-refractivity contribution in [1.82, 2.24) is 10.2 Å². The highest BCUT2D eigenvalue weighted by Crippen LogP contribution is 2.28. The SMILES string of the molecule is CN=C(NCc1ccc(S(N)(=O)=O)s1)N1CCC(c2ccc(OC)cc2)C1.I. The molecule has 1 atom stereocenters. The molecule has 2 aromatic rings. The number of halogens is 1. The van der Waals surface area contributed by atoms with Gasteiger partial charge in [0, 0.05) is 30.9 Å². The fraction of sp³-hybridized carbons (Fsp3) is 0.389. The Morgan fingerprint density at radius 2 is 2.04 bits per heavy atom. The average molecular weight is 536 g/mol. The lowest BCUT2D eigenvalue weighted by atomic mass is 9.98. The molecule has 0 bridgehead atoms. The van der Waals surface area contributed by atoms with Crippen molar-refractivity contribution in [3.05, 3.63) is 46.8 Å². The quantitative estimate of drug-likeness (QED) is 0.348. The number of aliphatic imine (C=N–C) groups is 1. The Balaban J connectivity index is 0.00000280. The molecular weight excluding hydrogens is 511 g/mol. The maximum Gasteiger partial charge on any atom is 0.247 e. The number of nitrogens with zero attached hydrogens (tertiary/aromatic N) is 2. The van der Waals surface area contributed by atoms with Crippen LogP contribution in [0.4, 0.5) is 0 Å². The fourth-order valence-corrected chi connectivity index (χ4v) is 4.92. The first-order valence-electron chi connectivity index (χ1n) is 8.61. The van der Waals surface area contributed by atoms with E-state index in [0.717, 1.165) is 36.1 Å². The van der Waals surface area contributed by atoms with Gasteiger partial charge in [-0.25, -0.2) is 13.6 Å². The van der Waals surface area contributed by atoms with Crippen molar-refractivity contribution in [2.24, 2.45) is 10.1 Å². The summed E-state index contributed by atoms with van der Waals surface area (Å²) in [6.45, 7) is 2.32. The van der Waals surface area contributed by atoms with Crippen molar-refractivity contribution in [3.63, 3.8) is 0 Å². The third-order valence-electron chi connectivity index (χ3n) is 4.62. The zero-order valence-electron chi connectivity index (χ0n) is 15.8. The van der Waals surface area contributed by atoms with Gasteiger partial charge in [-0.15, -0.1) is 35.3 Å². The van der Waals surface area contributed by atoms with Gasteiger partial charge < -0.3 is 15.0 Å². The van der Waals surface area contributed by atoms with Gasteiger partial charge in [0.1, 0.15) is 9.96 Å². The van der Waals surface area contributed by atoms with Crippen LogP contribution in [0.1, 0.15) is 22.8 Å². The van der Waals surface area contributed by atoms with Crippen LogP contribution >= 0.6 is 35.3 Å². The van der Waals surface area contributed by atoms with E-state index >= 15 is 0 Å². The molecule has 1 aromatic heterocycles. The lowest BCUT2D eigenvalue weighted by Crippen LogP contribution is -2.39. The summed E-state index contributed by atoms with van der Waals surface area (Å²) in [6, 6.07) is 11.5. The largest absolute Gasteiger partial charge is 0.497 e. The topological polar surface area (TPSA) is 97.0 Å². The number of hydrogen-bond donors (Lipinski definition) is 2. The first kappa shape index (κ1) is 22.9. The predicted octanol–water partition coefficient (Wildman–Crippen LogP) is 2.59. The van der Waals surface area contributed by atoms with E-state index in [0.29, 0.717) is 12.5 Å². The fourth-order valence-electron chi connectivity index (χ4n) is 3.21. The van der Waals surface area contributed by atoms with E-state index in [9.17, 15) is 8.42 Å². The zero-order valence-corrected chi connectivity index (χ0v) is 19.8. The molecule has 0 amide bonds. The first-order valence-corrected chi connectivity index (χ1v) is 11.0. The Kier molecular flexibility index (Phi) is 8.10. The van der Waals surface area contributed by atoms with E-state index in [1.807, 2.05) is 12.1 Å². The molecule has 2 heterocycles. The summed E-state index contributed by atoms with van der Waals surface area (Å²) in [5.74, 6) is 2.13. The van der Waals surface area contributed by atoms with Crippen LogP contribution in [0.5, 0.6) is 5.75 Å². The molecule has 1 unspecified atom stereocenters. The summed E-state index contributed by atoms with van der Waals surface area (Å²) in [5.41, 5.74) is 1.30. The molecule has 0 saturated carbocycles. The molecule has 1 fully saturated rings. The second kappa shape index (κ2) is 9.90. The lowest BCUT2D eigenvalue weighted by Gasteiger charge is -2.21. The lowest BCUT2D eigenvalue weighted by molar-refractivity contribution is 0.414. The minimum absolute atomic E-state index is 0. The van der Waals surface area contributed by atoms with Crippen molar-refractivity contribution in [1.29, 1.82) is 0 Å². The Morgan fingerprint density at radius 1 is 1.32 bits per heavy atom. The summed E-state index contributed by atoms with van der Waals surface area (Å²) in [4.78, 5) is 7.49. The molecule has 3 N–H and O–H groups in total. The third-order valence-corrected chi connectivity index (χ3v) is 7.15. The minimum Gasteiger partial charge on any atom is -0.497 e. The van der Waals surface area contributed by atoms with Crippen molar-refractivity contribution >= 4 is 51.3 Å². The number of ether oxygens (including phenoxy) is 1. The Labute approximate surface area is 187 Å². The number of hydrogen-bond acceptors (Lipinski definition) is 5. The molecule has 28 heavy (non-hydrogen) atoms. The van der Waals surface area contributed by atoms with Gasteiger partial charge in [0.15, 0.2) is 5.96 Å². The molecule has 0 radical (unpaired) electrons. The maximum atomic E-state index is 11.4. The summed E-state index contributed by atoms with van der Waals surface area (Å²) < 4.78 is 28.2. The number of primary sulfonamides is 1. The number of methoxy groups -OCH3 is 1. The number of benzene rings is 1. The van der Waals surface area contributed by atoms with E-state index in [4.69, 9.17) is 9.88 Å². The molecule has 0 spiro atoms. The normalized spacial score (nSPS) is 17.3. The Hall–Kier alpha value is -1.37. The summed E-state index contributed by atoms with van der Waals surface area (Å²) >= 11 is 1.17. The van der Waals surface area contributed by atoms with E-state index in [1.54, 1.807) is 20.2 Å². The van der Waals surface area contributed by atoms with Crippen LogP contribution in [0.25, 0.3) is 0 Å². The van der Waals surface area contributed by atoms with Gasteiger partial charge in [0.05, 0.1) is 13.7 Å². The van der Waals surface area contributed by atoms with E-state index in [1.165, 1.54) is 23.0 Å². The van der Waals surface area contributed by atoms with Gasteiger partial charge in [0.25, 0.3) is 0 Å². The highest BCUT2D eigenvalue weighted by Gasteiger charge is 2.26. The van der Waals surface area contributed by atoms with E-state index in [2.05, 4.69) is 27.3 Å². The summed E-state index contributed by atoms with van der Waals surface area (Å²) in [6.07, 6.45) is 1.06. The van der Waals surface area contributed by atoms with Gasteiger partial charge in [-0.3, -0.25) is 4.99 Å². The van der Waals surface area contributed by atoms with E-state index in [-0.39, 0.29) is 28.2 Å². The highest BCUT2D eigenvalue weighted by atomic mass is 127. The molecule has 3 rings (SSSR count). The number of sulfonamides is 1. The highest BCUT2D eigenvalue weighted by molar-refractivity contribution is 14.0. The van der Waals surface area contributed by atoms with Crippen LogP contribution in [0.2, 0.25) is 0 Å². The number of nitrogens with two attached hydrogens (primary N) is 1. The van der Waals surface area contributed by atoms with E-state index < -0.39 is 10.0 Å². The van der Waals surface area contributed by atoms with Crippen LogP contribution < -0.4 is 15.2 Å². The zero-order chi connectivity index (χ0) is 19.4. The average Bonchev–Trinajstić information content (AvgIpc) is 3.32. The molecule has 0 aliphatic carbocycles. The second-order valence-corrected chi connectivity index (χ2v) is 9.33. The molecule has 1 aromatic carbocycles. The van der Waals surface area contributed by atoms with Gasteiger partial charge >= 0.3 is 0 Å². The Bertz CT molecular complexity index is 913. The predicted molar refractivity (Wildman–Crippen MR) is 123 cm³/mol. The smallest absolute Gasteiger partial charge is 0.247 e. The second-order valence-electron chi connectivity index (χ2n) is 6.37. The monoisotopic (exact) mass is 536 g/mol. The van der Waals surface area contributed by atoms with Crippen LogP contribution in [0.3, 0.4) is 0 Å². The third kappa shape index (κ3) is 5.58. The van der Waals surface area contributed by atoms with Crippen LogP contribution in [-0.4, -0.2) is 46.5 Å². The summed E-state index contributed by atoms with van der Waals surface area (Å²) in [7, 11) is -0.218. The molecule has 1 aliphatic heterocycles. The summed E-state index contributed by atoms with van der Waals surface area (Å²) in [5, 5.41) is 8.48. The van der Waals surface area contributed by atoms with Crippen molar-refractivity contribution in [2.75, 3.05) is 27.2 Å². The van der Waals surface area contributed by atoms with Gasteiger partial charge in [-0.05, 0) is 36.2 Å². The molecule has 7 nitrogen and oxygen atoms in total. The number of likely N-dealkylation sites (tertiary alicyclic amines) is 1. The van der Waals surface area contributed by atoms with Gasteiger partial charge in [-0.2, -0.15) is 0 Å². The van der Waals surface area contributed by atoms with Crippen molar-refractivity contribution in [2.45, 2.75) is 23.1 Å². The van der Waals surface area contributed by atoms with Crippen LogP contribution in [-0.2, 0) is 16.6 Å². The van der Waals surface area contributed by atoms with Crippen LogP contribution in [0.15, 0.2) is 45.6 Å². The van der Waals surface area contributed by atoms with Crippen molar-refractivity contribution < 1.29 is 13.2 Å². The molecule has 154 valence electrons. The number of rotatable bonds is 5. The molecule has 10 heteroatoms. The van der Waals surface area contributed by atoms with Gasteiger partial charge in [0.2, 0.25) is 10.0 Å². The van der Waals surface area contributed by atoms with Crippen LogP contribution in [0, 0.1) is 0 Å². The Morgan fingerprint density at radius 3 is 2.61 bits per heavy atom. The molecular formula is C18H25IN4O3S2. The van der Waals surface area contributed by atoms with Crippen molar-refractivity contribution in [3.8, 4) is 5.75 Å². The standard InChI is InChI=1S/C18H24N4O3S2.HI/c1-20-18(21-11-16-7-8-17(26-16)27(19,23)24)22-10-9-14(12-22)13-3-5-15(25-2)6-4-13;/h3-8,14H,9-12H2,1-2H3,(H,20,21)(H2,19,23,24);1H. The number of thiophene rings is 1. The first-order chi connectivity index (χ1) is 12.9. The minimum atomic E-state index is -3.64. The maximum absolute atomic E-state index is 11.4. The number of guanidine groups is 1. The molecule has 1 aliphatic rings. The molecule has 1 saturated heterocycles. The number of nitrogens with one attached hydrogen (secondary N) is 1.